The molecule has 328 valence electrons. The Kier molecular flexibility index (Phi) is 33.0. The van der Waals surface area contributed by atoms with E-state index < -0.39 is 61.3 Å². The molecule has 0 spiro atoms. The highest BCUT2D eigenvalue weighted by Crippen LogP contribution is 2.23. The summed E-state index contributed by atoms with van der Waals surface area (Å²) in [6, 6.07) is 0. The first kappa shape index (κ1) is 52.4. The van der Waals surface area contributed by atoms with E-state index in [9.17, 15) is 34.8 Å². The van der Waals surface area contributed by atoms with Gasteiger partial charge in [-0.15, -0.1) is 0 Å². The molecule has 0 aromatic carbocycles. The van der Waals surface area contributed by atoms with Gasteiger partial charge in [0.1, 0.15) is 24.9 Å². The molecule has 0 aromatic heterocycles. The third kappa shape index (κ3) is 27.9. The fourth-order valence-electron chi connectivity index (χ4n) is 5.82. The average molecular weight is 815 g/mol. The second kappa shape index (κ2) is 36.5. The molecule has 0 aliphatic carbocycles. The molecule has 0 saturated carbocycles. The second-order valence-electron chi connectivity index (χ2n) is 14.4. The molecule has 1 rings (SSSR count). The van der Waals surface area contributed by atoms with Crippen molar-refractivity contribution in [2.24, 2.45) is 0 Å². The lowest BCUT2D eigenvalue weighted by Crippen LogP contribution is -2.60. The maximum absolute atomic E-state index is 12.7. The van der Waals surface area contributed by atoms with Crippen molar-refractivity contribution in [3.8, 4) is 0 Å². The van der Waals surface area contributed by atoms with E-state index in [0.29, 0.717) is 12.8 Å². The average Bonchev–Trinajstić information content (AvgIpc) is 3.21. The Balaban J connectivity index is 2.42. The van der Waals surface area contributed by atoms with Crippen molar-refractivity contribution >= 4 is 17.9 Å². The lowest BCUT2D eigenvalue weighted by molar-refractivity contribution is -0.298. The van der Waals surface area contributed by atoms with Crippen LogP contribution in [0.25, 0.3) is 0 Å². The van der Waals surface area contributed by atoms with Gasteiger partial charge in [0.05, 0.1) is 6.61 Å². The summed E-state index contributed by atoms with van der Waals surface area (Å²) in [6.45, 7) is 3.57. The number of ether oxygens (including phenoxy) is 4. The van der Waals surface area contributed by atoms with Crippen molar-refractivity contribution in [1.82, 2.24) is 0 Å². The Bertz CT molecular complexity index is 1280. The van der Waals surface area contributed by atoms with E-state index >= 15 is 0 Å². The van der Waals surface area contributed by atoms with Crippen LogP contribution >= 0.6 is 0 Å². The topological polar surface area (TPSA) is 169 Å². The number of esters is 2. The number of hydrogen-bond acceptors (Lipinski definition) is 10. The highest BCUT2D eigenvalue weighted by molar-refractivity contribution is 5.73. The van der Waals surface area contributed by atoms with E-state index in [1.807, 2.05) is 0 Å². The van der Waals surface area contributed by atoms with Gasteiger partial charge in [-0.05, 0) is 83.5 Å². The number of hydrogen-bond donors (Lipinski definition) is 4. The lowest BCUT2D eigenvalue weighted by Gasteiger charge is -2.38. The maximum atomic E-state index is 12.7. The predicted molar refractivity (Wildman–Crippen MR) is 229 cm³/mol. The van der Waals surface area contributed by atoms with Gasteiger partial charge in [-0.1, -0.05) is 131 Å². The van der Waals surface area contributed by atoms with Crippen LogP contribution in [0.5, 0.6) is 0 Å². The fraction of sp³-hybridized carbons (Fsp3) is 0.638. The van der Waals surface area contributed by atoms with Gasteiger partial charge < -0.3 is 39.4 Å². The SMILES string of the molecule is CC/C=C\C/C=C\C/C=C\C/C=C\C/C=C\CCCCCC(=O)OCC(COC1OC(C(=O)O)C(O)C(O)C1O)OC(=O)CCCCCCC/C=C\C/C=C\CCC. The minimum atomic E-state index is -1.87. The van der Waals surface area contributed by atoms with Crippen LogP contribution in [0.4, 0.5) is 0 Å². The Morgan fingerprint density at radius 3 is 1.55 bits per heavy atom. The molecule has 0 bridgehead atoms. The van der Waals surface area contributed by atoms with Crippen molar-refractivity contribution in [2.45, 2.75) is 179 Å². The molecular formula is C47H74O11. The molecule has 58 heavy (non-hydrogen) atoms. The Morgan fingerprint density at radius 1 is 0.552 bits per heavy atom. The van der Waals surface area contributed by atoms with Crippen LogP contribution in [-0.4, -0.2) is 88.4 Å². The van der Waals surface area contributed by atoms with Crippen LogP contribution in [0.3, 0.4) is 0 Å². The molecule has 0 amide bonds. The number of allylic oxidation sites excluding steroid dienone is 14. The number of rotatable bonds is 34. The van der Waals surface area contributed by atoms with Gasteiger partial charge in [0.2, 0.25) is 0 Å². The summed E-state index contributed by atoms with van der Waals surface area (Å²) in [5.41, 5.74) is 0. The normalized spacial score (nSPS) is 20.9. The van der Waals surface area contributed by atoms with Gasteiger partial charge in [-0.3, -0.25) is 9.59 Å². The van der Waals surface area contributed by atoms with Gasteiger partial charge in [0.15, 0.2) is 18.5 Å². The van der Waals surface area contributed by atoms with E-state index in [1.165, 1.54) is 0 Å². The first-order valence-corrected chi connectivity index (χ1v) is 21.6. The van der Waals surface area contributed by atoms with E-state index in [-0.39, 0.29) is 19.4 Å². The predicted octanol–water partition coefficient (Wildman–Crippen LogP) is 9.09. The molecule has 11 nitrogen and oxygen atoms in total. The van der Waals surface area contributed by atoms with Crippen molar-refractivity contribution < 1.29 is 53.8 Å². The molecule has 0 radical (unpaired) electrons. The maximum Gasteiger partial charge on any atom is 0.335 e. The van der Waals surface area contributed by atoms with Crippen molar-refractivity contribution in [3.63, 3.8) is 0 Å². The minimum Gasteiger partial charge on any atom is -0.479 e. The molecule has 6 unspecified atom stereocenters. The number of carbonyl (C=O) groups excluding carboxylic acids is 2. The fourth-order valence-corrected chi connectivity index (χ4v) is 5.82. The van der Waals surface area contributed by atoms with Crippen LogP contribution in [0, 0.1) is 0 Å². The third-order valence-electron chi connectivity index (χ3n) is 9.21. The first-order valence-electron chi connectivity index (χ1n) is 21.6. The van der Waals surface area contributed by atoms with Crippen LogP contribution in [0.15, 0.2) is 85.1 Å². The Hall–Kier alpha value is -3.61. The highest BCUT2D eigenvalue weighted by atomic mass is 16.7. The molecule has 1 heterocycles. The summed E-state index contributed by atoms with van der Waals surface area (Å²) >= 11 is 0. The van der Waals surface area contributed by atoms with Gasteiger partial charge >= 0.3 is 17.9 Å². The van der Waals surface area contributed by atoms with Crippen molar-refractivity contribution in [3.05, 3.63) is 85.1 Å². The molecule has 1 saturated heterocycles. The number of carboxylic acids is 1. The summed E-state index contributed by atoms with van der Waals surface area (Å²) in [5.74, 6) is -2.52. The van der Waals surface area contributed by atoms with E-state index in [1.54, 1.807) is 0 Å². The smallest absolute Gasteiger partial charge is 0.335 e. The van der Waals surface area contributed by atoms with Crippen LogP contribution in [-0.2, 0) is 33.3 Å². The number of unbranched alkanes of at least 4 members (excludes halogenated alkanes) is 9. The monoisotopic (exact) mass is 815 g/mol. The first-order chi connectivity index (χ1) is 28.2. The largest absolute Gasteiger partial charge is 0.479 e. The summed E-state index contributed by atoms with van der Waals surface area (Å²) in [6.07, 6.45) is 37.8. The number of aliphatic hydroxyl groups excluding tert-OH is 3. The molecule has 0 aromatic rings. The highest BCUT2D eigenvalue weighted by Gasteiger charge is 2.47. The molecule has 1 aliphatic heterocycles. The van der Waals surface area contributed by atoms with E-state index in [2.05, 4.69) is 98.9 Å². The van der Waals surface area contributed by atoms with Gasteiger partial charge in [0.25, 0.3) is 0 Å². The standard InChI is InChI=1S/C47H74O11/c1-3-5-7-9-11-13-15-17-18-19-20-21-22-24-25-27-29-31-33-35-40(48)55-37-39(38-56-47-44(52)42(50)43(51)45(58-47)46(53)54)57-41(49)36-34-32-30-28-26-23-16-14-12-10-8-6-4-2/h5,7-8,10-11,13-14,16-18,20-21,24-25,39,42-45,47,50-52H,3-4,6,9,12,15,19,22-23,26-38H2,1-2H3,(H,53,54)/b7-5-,10-8-,13-11-,16-14-,18-17-,21-20-,25-24-. The summed E-state index contributed by atoms with van der Waals surface area (Å²) < 4.78 is 21.7. The molecule has 6 atom stereocenters. The zero-order chi connectivity index (χ0) is 42.5. The van der Waals surface area contributed by atoms with Gasteiger partial charge in [-0.25, -0.2) is 4.79 Å². The summed E-state index contributed by atoms with van der Waals surface area (Å²) in [5, 5.41) is 39.8. The van der Waals surface area contributed by atoms with Crippen molar-refractivity contribution in [1.29, 1.82) is 0 Å². The second-order valence-corrected chi connectivity index (χ2v) is 14.4. The number of aliphatic hydroxyl groups is 3. The van der Waals surface area contributed by atoms with Crippen LogP contribution < -0.4 is 0 Å². The number of aliphatic carboxylic acids is 1. The zero-order valence-electron chi connectivity index (χ0n) is 35.2. The summed E-state index contributed by atoms with van der Waals surface area (Å²) in [7, 11) is 0. The zero-order valence-corrected chi connectivity index (χ0v) is 35.2. The quantitative estimate of drug-likeness (QED) is 0.0278. The molecule has 11 heteroatoms. The minimum absolute atomic E-state index is 0.154. The van der Waals surface area contributed by atoms with Crippen molar-refractivity contribution in [2.75, 3.05) is 13.2 Å². The molecule has 1 aliphatic rings. The van der Waals surface area contributed by atoms with E-state index in [0.717, 1.165) is 103 Å². The lowest BCUT2D eigenvalue weighted by atomic mass is 9.99. The van der Waals surface area contributed by atoms with Gasteiger partial charge in [0, 0.05) is 12.8 Å². The van der Waals surface area contributed by atoms with Crippen LogP contribution in [0.1, 0.15) is 142 Å². The Labute approximate surface area is 348 Å². The van der Waals surface area contributed by atoms with Gasteiger partial charge in [-0.2, -0.15) is 0 Å². The third-order valence-corrected chi connectivity index (χ3v) is 9.21. The number of carboxylic acid groups (broad SMARTS) is 1. The molecule has 1 fully saturated rings. The number of carbonyl (C=O) groups is 3. The Morgan fingerprint density at radius 2 is 1.02 bits per heavy atom. The van der Waals surface area contributed by atoms with E-state index in [4.69, 9.17) is 18.9 Å². The molecular weight excluding hydrogens is 741 g/mol. The van der Waals surface area contributed by atoms with Crippen LogP contribution in [0.2, 0.25) is 0 Å². The molecule has 4 N–H and O–H groups in total. The summed E-state index contributed by atoms with van der Waals surface area (Å²) in [4.78, 5) is 36.8.